The zero-order chi connectivity index (χ0) is 17.5. The minimum absolute atomic E-state index is 0. The lowest BCUT2D eigenvalue weighted by Crippen LogP contribution is -2.44. The van der Waals surface area contributed by atoms with Crippen LogP contribution in [0.4, 0.5) is 0 Å². The van der Waals surface area contributed by atoms with Gasteiger partial charge in [0.15, 0.2) is 5.96 Å². The summed E-state index contributed by atoms with van der Waals surface area (Å²) in [5, 5.41) is 3.49. The third-order valence-corrected chi connectivity index (χ3v) is 4.51. The number of aliphatic imine (C=N–C) groups is 1. The van der Waals surface area contributed by atoms with Gasteiger partial charge in [0.05, 0.1) is 7.11 Å². The highest BCUT2D eigenvalue weighted by molar-refractivity contribution is 14.0. The summed E-state index contributed by atoms with van der Waals surface area (Å²) in [5.74, 6) is 1.83. The number of rotatable bonds is 8. The van der Waals surface area contributed by atoms with E-state index in [-0.39, 0.29) is 24.0 Å². The standard InChI is InChI=1S/C19H32N4O.HI/c1-15(2)23(17-10-11-17)13-12-21-19(20-3)22(4)14-16-8-6-7-9-18(16)24-5;/h6-9,15,17H,10-14H2,1-5H3,(H,20,21);1H. The van der Waals surface area contributed by atoms with Crippen LogP contribution in [0, 0.1) is 0 Å². The molecule has 1 fully saturated rings. The lowest BCUT2D eigenvalue weighted by atomic mass is 10.2. The maximum Gasteiger partial charge on any atom is 0.193 e. The van der Waals surface area contributed by atoms with Gasteiger partial charge in [0.25, 0.3) is 0 Å². The molecule has 0 saturated heterocycles. The van der Waals surface area contributed by atoms with E-state index in [2.05, 4.69) is 47.1 Å². The maximum absolute atomic E-state index is 5.44. The van der Waals surface area contributed by atoms with Gasteiger partial charge in [-0.1, -0.05) is 18.2 Å². The number of nitrogens with one attached hydrogen (secondary N) is 1. The summed E-state index contributed by atoms with van der Waals surface area (Å²) in [7, 11) is 5.61. The molecule has 0 heterocycles. The Bertz CT molecular complexity index is 544. The van der Waals surface area contributed by atoms with Crippen LogP contribution in [0.1, 0.15) is 32.3 Å². The average Bonchev–Trinajstić information content (AvgIpc) is 3.39. The monoisotopic (exact) mass is 460 g/mol. The third kappa shape index (κ3) is 6.66. The second-order valence-corrected chi connectivity index (χ2v) is 6.70. The highest BCUT2D eigenvalue weighted by atomic mass is 127. The fourth-order valence-corrected chi connectivity index (χ4v) is 3.11. The topological polar surface area (TPSA) is 40.1 Å². The van der Waals surface area contributed by atoms with Gasteiger partial charge >= 0.3 is 0 Å². The number of para-hydroxylation sites is 1. The molecule has 0 amide bonds. The SMILES string of the molecule is CN=C(NCCN(C(C)C)C1CC1)N(C)Cc1ccccc1OC.I. The number of hydrogen-bond donors (Lipinski definition) is 1. The zero-order valence-electron chi connectivity index (χ0n) is 16.2. The minimum atomic E-state index is 0. The Morgan fingerprint density at radius 2 is 2.00 bits per heavy atom. The number of nitrogens with zero attached hydrogens (tertiary/aromatic N) is 3. The Labute approximate surface area is 169 Å². The van der Waals surface area contributed by atoms with Crippen LogP contribution in [0.2, 0.25) is 0 Å². The molecule has 6 heteroatoms. The third-order valence-electron chi connectivity index (χ3n) is 4.51. The first kappa shape index (κ1) is 22.0. The normalized spacial score (nSPS) is 14.4. The van der Waals surface area contributed by atoms with E-state index < -0.39 is 0 Å². The molecule has 0 aliphatic heterocycles. The molecule has 1 aliphatic rings. The van der Waals surface area contributed by atoms with Crippen LogP contribution in [-0.4, -0.2) is 62.1 Å². The van der Waals surface area contributed by atoms with Gasteiger partial charge in [0.1, 0.15) is 5.75 Å². The van der Waals surface area contributed by atoms with E-state index in [9.17, 15) is 0 Å². The maximum atomic E-state index is 5.44. The fraction of sp³-hybridized carbons (Fsp3) is 0.632. The largest absolute Gasteiger partial charge is 0.496 e. The van der Waals surface area contributed by atoms with E-state index in [1.54, 1.807) is 7.11 Å². The summed E-state index contributed by atoms with van der Waals surface area (Å²) in [6.07, 6.45) is 2.70. The van der Waals surface area contributed by atoms with Crippen molar-refractivity contribution < 1.29 is 4.74 Å². The molecular weight excluding hydrogens is 427 g/mol. The Morgan fingerprint density at radius 1 is 1.32 bits per heavy atom. The molecule has 1 aliphatic carbocycles. The van der Waals surface area contributed by atoms with Crippen LogP contribution >= 0.6 is 24.0 Å². The van der Waals surface area contributed by atoms with E-state index in [0.717, 1.165) is 42.9 Å². The molecule has 1 aromatic carbocycles. The Hall–Kier alpha value is -1.02. The van der Waals surface area contributed by atoms with Crippen LogP contribution < -0.4 is 10.1 Å². The lowest BCUT2D eigenvalue weighted by Gasteiger charge is -2.28. The van der Waals surface area contributed by atoms with Gasteiger partial charge < -0.3 is 15.0 Å². The van der Waals surface area contributed by atoms with Crippen molar-refractivity contribution in [1.29, 1.82) is 0 Å². The molecule has 1 aromatic rings. The predicted molar refractivity (Wildman–Crippen MR) is 116 cm³/mol. The van der Waals surface area contributed by atoms with Crippen molar-refractivity contribution in [3.63, 3.8) is 0 Å². The summed E-state index contributed by atoms with van der Waals surface area (Å²) < 4.78 is 5.44. The number of ether oxygens (including phenoxy) is 1. The molecule has 1 N–H and O–H groups in total. The van der Waals surface area contributed by atoms with Crippen molar-refractivity contribution in [1.82, 2.24) is 15.1 Å². The highest BCUT2D eigenvalue weighted by Crippen LogP contribution is 2.28. The number of hydrogen-bond acceptors (Lipinski definition) is 3. The van der Waals surface area contributed by atoms with Crippen molar-refractivity contribution in [2.45, 2.75) is 45.3 Å². The van der Waals surface area contributed by atoms with Crippen LogP contribution in [0.5, 0.6) is 5.75 Å². The van der Waals surface area contributed by atoms with Crippen LogP contribution in [0.25, 0.3) is 0 Å². The summed E-state index contributed by atoms with van der Waals surface area (Å²) in [4.78, 5) is 9.13. The molecule has 1 saturated carbocycles. The number of methoxy groups -OCH3 is 1. The molecule has 0 unspecified atom stereocenters. The number of halogens is 1. The van der Waals surface area contributed by atoms with E-state index in [1.807, 2.05) is 25.2 Å². The van der Waals surface area contributed by atoms with Gasteiger partial charge in [-0.15, -0.1) is 24.0 Å². The Balaban J connectivity index is 0.00000312. The van der Waals surface area contributed by atoms with E-state index >= 15 is 0 Å². The fourth-order valence-electron chi connectivity index (χ4n) is 3.11. The molecule has 0 aromatic heterocycles. The zero-order valence-corrected chi connectivity index (χ0v) is 18.5. The molecule has 142 valence electrons. The first-order valence-electron chi connectivity index (χ1n) is 8.86. The second-order valence-electron chi connectivity index (χ2n) is 6.70. The minimum Gasteiger partial charge on any atom is -0.496 e. The second kappa shape index (κ2) is 10.9. The van der Waals surface area contributed by atoms with Gasteiger partial charge in [-0.25, -0.2) is 0 Å². The van der Waals surface area contributed by atoms with Crippen LogP contribution in [-0.2, 0) is 6.54 Å². The van der Waals surface area contributed by atoms with Gasteiger partial charge in [-0.3, -0.25) is 9.89 Å². The molecular formula is C19H33IN4O. The summed E-state index contributed by atoms with van der Waals surface area (Å²) in [6, 6.07) is 9.52. The molecule has 5 nitrogen and oxygen atoms in total. The molecule has 25 heavy (non-hydrogen) atoms. The number of guanidine groups is 1. The molecule has 0 bridgehead atoms. The lowest BCUT2D eigenvalue weighted by molar-refractivity contribution is 0.214. The van der Waals surface area contributed by atoms with Gasteiger partial charge in [-0.2, -0.15) is 0 Å². The van der Waals surface area contributed by atoms with Crippen molar-refractivity contribution in [3.05, 3.63) is 29.8 Å². The first-order valence-corrected chi connectivity index (χ1v) is 8.86. The van der Waals surface area contributed by atoms with Gasteiger partial charge in [0, 0.05) is 51.4 Å². The Kier molecular flexibility index (Phi) is 9.56. The van der Waals surface area contributed by atoms with Crippen molar-refractivity contribution in [2.75, 3.05) is 34.3 Å². The number of benzene rings is 1. The van der Waals surface area contributed by atoms with Crippen LogP contribution in [0.3, 0.4) is 0 Å². The van der Waals surface area contributed by atoms with E-state index in [4.69, 9.17) is 4.74 Å². The molecule has 0 atom stereocenters. The van der Waals surface area contributed by atoms with Gasteiger partial charge in [-0.05, 0) is 32.8 Å². The van der Waals surface area contributed by atoms with Crippen molar-refractivity contribution >= 4 is 29.9 Å². The predicted octanol–water partition coefficient (Wildman–Crippen LogP) is 3.19. The van der Waals surface area contributed by atoms with E-state index in [1.165, 1.54) is 12.8 Å². The molecule has 0 radical (unpaired) electrons. The quantitative estimate of drug-likeness (QED) is 0.368. The van der Waals surface area contributed by atoms with Crippen molar-refractivity contribution in [2.24, 2.45) is 4.99 Å². The molecule has 0 spiro atoms. The average molecular weight is 460 g/mol. The van der Waals surface area contributed by atoms with Crippen LogP contribution in [0.15, 0.2) is 29.3 Å². The van der Waals surface area contributed by atoms with Crippen molar-refractivity contribution in [3.8, 4) is 5.75 Å². The summed E-state index contributed by atoms with van der Waals surface area (Å²) >= 11 is 0. The first-order chi connectivity index (χ1) is 11.6. The Morgan fingerprint density at radius 3 is 2.56 bits per heavy atom. The summed E-state index contributed by atoms with van der Waals surface area (Å²) in [5.41, 5.74) is 1.16. The van der Waals surface area contributed by atoms with E-state index in [0.29, 0.717) is 6.04 Å². The highest BCUT2D eigenvalue weighted by Gasteiger charge is 2.30. The molecule has 2 rings (SSSR count). The summed E-state index contributed by atoms with van der Waals surface area (Å²) in [6.45, 7) is 7.30. The van der Waals surface area contributed by atoms with Gasteiger partial charge in [0.2, 0.25) is 0 Å². The smallest absolute Gasteiger partial charge is 0.193 e.